The first kappa shape index (κ1) is 26.6. The van der Waals surface area contributed by atoms with Gasteiger partial charge in [0.05, 0.1) is 19.6 Å². The van der Waals surface area contributed by atoms with Crippen molar-refractivity contribution in [1.82, 2.24) is 5.32 Å². The van der Waals surface area contributed by atoms with Gasteiger partial charge in [-0.15, -0.1) is 0 Å². The van der Waals surface area contributed by atoms with E-state index in [2.05, 4.69) is 44.6 Å². The first-order valence-electron chi connectivity index (χ1n) is 9.80. The molecule has 0 aliphatic rings. The molecule has 0 bridgehead atoms. The fourth-order valence-electron chi connectivity index (χ4n) is 1.90. The average molecular weight is 434 g/mol. The SMILES string of the molecule is CC(C)(C)OC(=O)N[C@@H](CC(=O)OCC[Si](C)(C)C)C(=O)OCC[Si](C)(C)C. The zero-order valence-corrected chi connectivity index (χ0v) is 21.1. The standard InChI is InChI=1S/C19H39NO6Si2/c1-19(2,3)26-18(23)20-15(17(22)25-11-13-28(7,8)9)14-16(21)24-10-12-27(4,5)6/h15H,10-14H2,1-9H3,(H,20,23)/t15-/m0/s1. The van der Waals surface area contributed by atoms with E-state index in [1.54, 1.807) is 20.8 Å². The van der Waals surface area contributed by atoms with Crippen molar-refractivity contribution >= 4 is 34.2 Å². The molecule has 0 saturated heterocycles. The normalized spacial score (nSPS) is 13.5. The molecule has 9 heteroatoms. The van der Waals surface area contributed by atoms with E-state index in [1.807, 2.05) is 0 Å². The molecule has 0 spiro atoms. The van der Waals surface area contributed by atoms with Crippen LogP contribution >= 0.6 is 0 Å². The van der Waals surface area contributed by atoms with Gasteiger partial charge < -0.3 is 19.5 Å². The highest BCUT2D eigenvalue weighted by molar-refractivity contribution is 6.76. The number of carbonyl (C=O) groups excluding carboxylic acids is 3. The van der Waals surface area contributed by atoms with Gasteiger partial charge in [-0.2, -0.15) is 0 Å². The highest BCUT2D eigenvalue weighted by Gasteiger charge is 2.29. The van der Waals surface area contributed by atoms with E-state index in [1.165, 1.54) is 0 Å². The fraction of sp³-hybridized carbons (Fsp3) is 0.842. The maximum Gasteiger partial charge on any atom is 0.408 e. The first-order valence-corrected chi connectivity index (χ1v) is 17.2. The molecule has 0 radical (unpaired) electrons. The van der Waals surface area contributed by atoms with Gasteiger partial charge in [-0.25, -0.2) is 9.59 Å². The summed E-state index contributed by atoms with van der Waals surface area (Å²) in [6.45, 7) is 18.8. The van der Waals surface area contributed by atoms with Crippen LogP contribution in [0, 0.1) is 0 Å². The van der Waals surface area contributed by atoms with Gasteiger partial charge in [-0.3, -0.25) is 4.79 Å². The van der Waals surface area contributed by atoms with Crippen LogP contribution in [0.4, 0.5) is 4.79 Å². The molecule has 0 rings (SSSR count). The summed E-state index contributed by atoms with van der Waals surface area (Å²) in [6.07, 6.45) is -1.05. The lowest BCUT2D eigenvalue weighted by Gasteiger charge is -2.23. The summed E-state index contributed by atoms with van der Waals surface area (Å²) in [5.74, 6) is -1.19. The number of hydrogen-bond donors (Lipinski definition) is 1. The third-order valence-electron chi connectivity index (χ3n) is 3.56. The molecular formula is C19H39NO6Si2. The number of hydrogen-bond acceptors (Lipinski definition) is 6. The molecule has 0 heterocycles. The minimum absolute atomic E-state index is 0.270. The van der Waals surface area contributed by atoms with Crippen LogP contribution < -0.4 is 5.32 Å². The van der Waals surface area contributed by atoms with Crippen molar-refractivity contribution in [2.45, 2.75) is 90.2 Å². The Morgan fingerprint density at radius 1 is 0.857 bits per heavy atom. The lowest BCUT2D eigenvalue weighted by Crippen LogP contribution is -2.45. The average Bonchev–Trinajstić information content (AvgIpc) is 2.41. The van der Waals surface area contributed by atoms with Gasteiger partial charge in [0, 0.05) is 16.1 Å². The van der Waals surface area contributed by atoms with Crippen molar-refractivity contribution in [3.63, 3.8) is 0 Å². The molecule has 0 aromatic rings. The molecule has 0 saturated carbocycles. The largest absolute Gasteiger partial charge is 0.466 e. The quantitative estimate of drug-likeness (QED) is 0.318. The second kappa shape index (κ2) is 11.0. The Hall–Kier alpha value is -1.36. The Bertz CT molecular complexity index is 532. The zero-order chi connectivity index (χ0) is 22.2. The molecule has 0 aliphatic heterocycles. The van der Waals surface area contributed by atoms with E-state index in [9.17, 15) is 14.4 Å². The van der Waals surface area contributed by atoms with Crippen LogP contribution in [0.5, 0.6) is 0 Å². The number of nitrogens with one attached hydrogen (secondary N) is 1. The molecular weight excluding hydrogens is 394 g/mol. The molecule has 0 aromatic heterocycles. The van der Waals surface area contributed by atoms with E-state index in [0.29, 0.717) is 6.61 Å². The first-order chi connectivity index (χ1) is 12.5. The highest BCUT2D eigenvalue weighted by atomic mass is 28.3. The number of alkyl carbamates (subject to hydrolysis) is 1. The van der Waals surface area contributed by atoms with Gasteiger partial charge in [0.2, 0.25) is 0 Å². The van der Waals surface area contributed by atoms with Crippen molar-refractivity contribution in [1.29, 1.82) is 0 Å². The number of carbonyl (C=O) groups is 3. The number of amides is 1. The summed E-state index contributed by atoms with van der Waals surface area (Å²) in [6, 6.07) is 0.512. The van der Waals surface area contributed by atoms with Crippen LogP contribution in [0.1, 0.15) is 27.2 Å². The molecule has 28 heavy (non-hydrogen) atoms. The Kier molecular flexibility index (Phi) is 10.5. The van der Waals surface area contributed by atoms with Crippen molar-refractivity contribution in [2.75, 3.05) is 13.2 Å². The maximum absolute atomic E-state index is 12.4. The third-order valence-corrected chi connectivity index (χ3v) is 6.97. The van der Waals surface area contributed by atoms with Gasteiger partial charge in [0.15, 0.2) is 0 Å². The van der Waals surface area contributed by atoms with Crippen molar-refractivity contribution < 1.29 is 28.6 Å². The van der Waals surface area contributed by atoms with Gasteiger partial charge in [-0.05, 0) is 32.9 Å². The minimum atomic E-state index is -1.37. The van der Waals surface area contributed by atoms with Crippen molar-refractivity contribution in [2.24, 2.45) is 0 Å². The lowest BCUT2D eigenvalue weighted by molar-refractivity contribution is -0.152. The van der Waals surface area contributed by atoms with Gasteiger partial charge in [0.1, 0.15) is 11.6 Å². The summed E-state index contributed by atoms with van der Waals surface area (Å²) in [4.78, 5) is 36.6. The summed E-state index contributed by atoms with van der Waals surface area (Å²) < 4.78 is 15.7. The number of ether oxygens (including phenoxy) is 3. The Morgan fingerprint density at radius 3 is 1.75 bits per heavy atom. The van der Waals surface area contributed by atoms with Crippen LogP contribution in [0.15, 0.2) is 0 Å². The number of rotatable bonds is 10. The zero-order valence-electron chi connectivity index (χ0n) is 19.1. The molecule has 0 fully saturated rings. The molecule has 7 nitrogen and oxygen atoms in total. The molecule has 0 unspecified atom stereocenters. The Labute approximate surface area is 171 Å². The molecule has 0 aromatic carbocycles. The summed E-state index contributed by atoms with van der Waals surface area (Å²) in [7, 11) is -2.70. The van der Waals surface area contributed by atoms with Crippen LogP contribution in [0.25, 0.3) is 0 Å². The fourth-order valence-corrected chi connectivity index (χ4v) is 3.33. The Balaban J connectivity index is 4.84. The van der Waals surface area contributed by atoms with Crippen LogP contribution in [-0.2, 0) is 23.8 Å². The third kappa shape index (κ3) is 15.7. The van der Waals surface area contributed by atoms with Crippen LogP contribution in [0.2, 0.25) is 51.4 Å². The molecule has 0 aliphatic carbocycles. The highest BCUT2D eigenvalue weighted by Crippen LogP contribution is 2.11. The van der Waals surface area contributed by atoms with Crippen LogP contribution in [0.3, 0.4) is 0 Å². The van der Waals surface area contributed by atoms with Gasteiger partial charge in [0.25, 0.3) is 0 Å². The topological polar surface area (TPSA) is 90.9 Å². The van der Waals surface area contributed by atoms with E-state index < -0.39 is 45.8 Å². The van der Waals surface area contributed by atoms with Crippen LogP contribution in [-0.4, -0.2) is 59.0 Å². The van der Waals surface area contributed by atoms with Gasteiger partial charge >= 0.3 is 18.0 Å². The monoisotopic (exact) mass is 433 g/mol. The van der Waals surface area contributed by atoms with E-state index >= 15 is 0 Å². The van der Waals surface area contributed by atoms with Gasteiger partial charge in [-0.1, -0.05) is 39.3 Å². The maximum atomic E-state index is 12.4. The predicted octanol–water partition coefficient (Wildman–Crippen LogP) is 4.03. The Morgan fingerprint density at radius 2 is 1.32 bits per heavy atom. The summed E-state index contributed by atoms with van der Waals surface area (Å²) in [5.41, 5.74) is -0.714. The van der Waals surface area contributed by atoms with E-state index in [0.717, 1.165) is 12.1 Å². The summed E-state index contributed by atoms with van der Waals surface area (Å²) in [5, 5.41) is 2.44. The second-order valence-electron chi connectivity index (χ2n) is 10.4. The number of esters is 2. The molecule has 1 atom stereocenters. The second-order valence-corrected chi connectivity index (χ2v) is 21.7. The van der Waals surface area contributed by atoms with E-state index in [-0.39, 0.29) is 13.0 Å². The van der Waals surface area contributed by atoms with E-state index in [4.69, 9.17) is 14.2 Å². The smallest absolute Gasteiger partial charge is 0.408 e. The summed E-state index contributed by atoms with van der Waals surface area (Å²) >= 11 is 0. The molecule has 1 amide bonds. The molecule has 164 valence electrons. The lowest BCUT2D eigenvalue weighted by atomic mass is 10.2. The minimum Gasteiger partial charge on any atom is -0.466 e. The predicted molar refractivity (Wildman–Crippen MR) is 116 cm³/mol. The van der Waals surface area contributed by atoms with Crippen molar-refractivity contribution in [3.05, 3.63) is 0 Å². The van der Waals surface area contributed by atoms with Crippen molar-refractivity contribution in [3.8, 4) is 0 Å². The molecule has 1 N–H and O–H groups in total.